The highest BCUT2D eigenvalue weighted by molar-refractivity contribution is 7.16. The molecule has 1 saturated heterocycles. The lowest BCUT2D eigenvalue weighted by molar-refractivity contribution is -0.119. The molecule has 9 heteroatoms. The Bertz CT molecular complexity index is 1270. The number of halogens is 1. The van der Waals surface area contributed by atoms with E-state index in [-0.39, 0.29) is 29.4 Å². The van der Waals surface area contributed by atoms with Crippen molar-refractivity contribution in [3.63, 3.8) is 0 Å². The van der Waals surface area contributed by atoms with Gasteiger partial charge >= 0.3 is 11.0 Å². The van der Waals surface area contributed by atoms with Crippen LogP contribution in [0.15, 0.2) is 41.2 Å². The maximum absolute atomic E-state index is 14.6. The maximum atomic E-state index is 14.6. The number of nitrogens with zero attached hydrogens (tertiary/aromatic N) is 1. The number of rotatable bonds is 3. The van der Waals surface area contributed by atoms with Gasteiger partial charge in [0.1, 0.15) is 11.9 Å². The highest BCUT2D eigenvalue weighted by Gasteiger charge is 2.32. The largest absolute Gasteiger partial charge is 0.442 e. The number of cyclic esters (lactones) is 1. The fraction of sp³-hybridized carbons (Fsp3) is 0.190. The quantitative estimate of drug-likeness (QED) is 0.631. The van der Waals surface area contributed by atoms with Crippen LogP contribution in [-0.4, -0.2) is 36.2 Å². The number of fused-ring (bicyclic) bond motifs is 1. The topological polar surface area (TPSA) is 91.5 Å². The molecule has 0 bridgehead atoms. The van der Waals surface area contributed by atoms with Crippen molar-refractivity contribution in [2.24, 2.45) is 0 Å². The highest BCUT2D eigenvalue weighted by Crippen LogP contribution is 2.24. The zero-order valence-corrected chi connectivity index (χ0v) is 16.6. The SMILES string of the molecule is CC(=O)NC[C@H]1CN(c2ccc(C#Cc3ccc4[nH]c(=O)sc4c3)c(F)c2)C(=O)O1. The van der Waals surface area contributed by atoms with E-state index < -0.39 is 18.0 Å². The molecular formula is C21H16FN3O4S. The van der Waals surface area contributed by atoms with E-state index in [1.54, 1.807) is 24.3 Å². The molecule has 3 aromatic rings. The molecule has 152 valence electrons. The summed E-state index contributed by atoms with van der Waals surface area (Å²) >= 11 is 1.09. The standard InChI is InChI=1S/C21H16FN3O4S/c1-12(26)23-10-16-11-25(21(28)29-16)15-6-5-14(17(22)9-15)4-2-13-3-7-18-19(8-13)30-20(27)24-18/h3,5-9,16H,10-11H2,1H3,(H,23,26)(H,24,27)/t16-/m0/s1. The van der Waals surface area contributed by atoms with E-state index in [0.29, 0.717) is 11.3 Å². The number of nitrogens with one attached hydrogen (secondary N) is 2. The molecule has 2 N–H and O–H groups in total. The number of benzene rings is 2. The van der Waals surface area contributed by atoms with Crippen molar-refractivity contribution >= 4 is 39.2 Å². The van der Waals surface area contributed by atoms with E-state index >= 15 is 0 Å². The van der Waals surface area contributed by atoms with Crippen LogP contribution in [-0.2, 0) is 9.53 Å². The lowest BCUT2D eigenvalue weighted by atomic mass is 10.1. The molecule has 0 spiro atoms. The zero-order chi connectivity index (χ0) is 21.3. The second kappa shape index (κ2) is 8.00. The van der Waals surface area contributed by atoms with E-state index in [1.807, 2.05) is 0 Å². The third-order valence-electron chi connectivity index (χ3n) is 4.48. The second-order valence-electron chi connectivity index (χ2n) is 6.69. The predicted octanol–water partition coefficient (Wildman–Crippen LogP) is 2.59. The third kappa shape index (κ3) is 4.18. The fourth-order valence-corrected chi connectivity index (χ4v) is 3.81. The van der Waals surface area contributed by atoms with Gasteiger partial charge in [-0.05, 0) is 36.4 Å². The summed E-state index contributed by atoms with van der Waals surface area (Å²) in [6.07, 6.45) is -1.09. The summed E-state index contributed by atoms with van der Waals surface area (Å²) in [7, 11) is 0. The van der Waals surface area contributed by atoms with E-state index in [4.69, 9.17) is 4.74 Å². The minimum Gasteiger partial charge on any atom is -0.442 e. The molecule has 2 amide bonds. The number of aromatic amines is 1. The summed E-state index contributed by atoms with van der Waals surface area (Å²) in [5, 5.41) is 2.59. The van der Waals surface area contributed by atoms with Crippen molar-refractivity contribution in [2.75, 3.05) is 18.0 Å². The van der Waals surface area contributed by atoms with Crippen LogP contribution < -0.4 is 15.1 Å². The molecule has 1 fully saturated rings. The molecule has 0 unspecified atom stereocenters. The molecule has 1 atom stereocenters. The Balaban J connectivity index is 1.51. The van der Waals surface area contributed by atoms with Gasteiger partial charge in [0, 0.05) is 12.5 Å². The van der Waals surface area contributed by atoms with Crippen molar-refractivity contribution in [1.29, 1.82) is 0 Å². The number of hydrogen-bond donors (Lipinski definition) is 2. The number of ether oxygens (including phenoxy) is 1. The Morgan fingerprint density at radius 3 is 2.90 bits per heavy atom. The summed E-state index contributed by atoms with van der Waals surface area (Å²) in [5.41, 5.74) is 1.93. The number of carbonyl (C=O) groups excluding carboxylic acids is 2. The first-order chi connectivity index (χ1) is 14.4. The van der Waals surface area contributed by atoms with Gasteiger partial charge in [-0.3, -0.25) is 14.5 Å². The third-order valence-corrected chi connectivity index (χ3v) is 5.32. The molecule has 7 nitrogen and oxygen atoms in total. The van der Waals surface area contributed by atoms with Gasteiger partial charge in [-0.2, -0.15) is 0 Å². The second-order valence-corrected chi connectivity index (χ2v) is 7.71. The molecule has 4 rings (SSSR count). The lowest BCUT2D eigenvalue weighted by Crippen LogP contribution is -2.33. The molecule has 0 aliphatic carbocycles. The molecular weight excluding hydrogens is 409 g/mol. The monoisotopic (exact) mass is 425 g/mol. The van der Waals surface area contributed by atoms with Crippen LogP contribution in [0.1, 0.15) is 18.1 Å². The van der Waals surface area contributed by atoms with E-state index in [1.165, 1.54) is 24.0 Å². The molecule has 0 saturated carbocycles. The first-order valence-electron chi connectivity index (χ1n) is 9.06. The van der Waals surface area contributed by atoms with Gasteiger partial charge < -0.3 is 15.0 Å². The molecule has 30 heavy (non-hydrogen) atoms. The van der Waals surface area contributed by atoms with Crippen LogP contribution >= 0.6 is 11.3 Å². The number of aromatic nitrogens is 1. The molecule has 0 radical (unpaired) electrons. The normalized spacial score (nSPS) is 15.6. The molecule has 2 aromatic carbocycles. The highest BCUT2D eigenvalue weighted by atomic mass is 32.1. The zero-order valence-electron chi connectivity index (χ0n) is 15.8. The van der Waals surface area contributed by atoms with Gasteiger partial charge in [-0.25, -0.2) is 9.18 Å². The number of H-pyrrole nitrogens is 1. The summed E-state index contributed by atoms with van der Waals surface area (Å²) in [4.78, 5) is 38.3. The van der Waals surface area contributed by atoms with E-state index in [0.717, 1.165) is 21.6 Å². The van der Waals surface area contributed by atoms with Crippen molar-refractivity contribution in [2.45, 2.75) is 13.0 Å². The van der Waals surface area contributed by atoms with Crippen molar-refractivity contribution in [3.05, 3.63) is 63.0 Å². The van der Waals surface area contributed by atoms with Crippen LogP contribution in [0, 0.1) is 17.7 Å². The van der Waals surface area contributed by atoms with Crippen LogP contribution in [0.5, 0.6) is 0 Å². The summed E-state index contributed by atoms with van der Waals surface area (Å²) in [6.45, 7) is 1.79. The Kier molecular flexibility index (Phi) is 5.25. The van der Waals surface area contributed by atoms with Gasteiger partial charge in [0.05, 0.1) is 34.6 Å². The summed E-state index contributed by atoms with van der Waals surface area (Å²) < 4.78 is 20.5. The minimum absolute atomic E-state index is 0.142. The molecule has 1 aromatic heterocycles. The van der Waals surface area contributed by atoms with Crippen LogP contribution in [0.3, 0.4) is 0 Å². The average molecular weight is 425 g/mol. The number of hydrogen-bond acceptors (Lipinski definition) is 5. The molecule has 1 aliphatic rings. The fourth-order valence-electron chi connectivity index (χ4n) is 3.03. The first-order valence-corrected chi connectivity index (χ1v) is 9.88. The van der Waals surface area contributed by atoms with Gasteiger partial charge in [0.25, 0.3) is 0 Å². The van der Waals surface area contributed by atoms with Crippen molar-refractivity contribution in [1.82, 2.24) is 10.3 Å². The first kappa shape index (κ1) is 19.7. The Morgan fingerprint density at radius 1 is 1.30 bits per heavy atom. The van der Waals surface area contributed by atoms with Gasteiger partial charge in [0.2, 0.25) is 5.91 Å². The summed E-state index contributed by atoms with van der Waals surface area (Å²) in [5.74, 6) is 4.89. The Morgan fingerprint density at radius 2 is 2.13 bits per heavy atom. The maximum Gasteiger partial charge on any atom is 0.414 e. The lowest BCUT2D eigenvalue weighted by Gasteiger charge is -2.13. The smallest absolute Gasteiger partial charge is 0.414 e. The van der Waals surface area contributed by atoms with Crippen LogP contribution in [0.4, 0.5) is 14.9 Å². The van der Waals surface area contributed by atoms with Crippen LogP contribution in [0.25, 0.3) is 10.2 Å². The Hall–Kier alpha value is -3.64. The Labute approximate surface area is 174 Å². The summed E-state index contributed by atoms with van der Waals surface area (Å²) in [6, 6.07) is 9.60. The molecule has 2 heterocycles. The number of thiazole rings is 1. The predicted molar refractivity (Wildman–Crippen MR) is 111 cm³/mol. The van der Waals surface area contributed by atoms with Crippen molar-refractivity contribution in [3.8, 4) is 11.8 Å². The van der Waals surface area contributed by atoms with Gasteiger partial charge in [-0.15, -0.1) is 0 Å². The van der Waals surface area contributed by atoms with Crippen molar-refractivity contribution < 1.29 is 18.7 Å². The van der Waals surface area contributed by atoms with Crippen LogP contribution in [0.2, 0.25) is 0 Å². The van der Waals surface area contributed by atoms with Gasteiger partial charge in [-0.1, -0.05) is 23.2 Å². The van der Waals surface area contributed by atoms with E-state index in [9.17, 15) is 18.8 Å². The molecule has 1 aliphatic heterocycles. The number of amides is 2. The van der Waals surface area contributed by atoms with E-state index in [2.05, 4.69) is 22.1 Å². The minimum atomic E-state index is -0.595. The number of carbonyl (C=O) groups is 2. The average Bonchev–Trinajstić information content (AvgIpc) is 3.26. The number of anilines is 1. The van der Waals surface area contributed by atoms with Gasteiger partial charge in [0.15, 0.2) is 0 Å².